The molecule has 0 bridgehead atoms. The van der Waals surface area contributed by atoms with Gasteiger partial charge in [0.05, 0.1) is 17.3 Å². The minimum absolute atomic E-state index is 0.0180. The summed E-state index contributed by atoms with van der Waals surface area (Å²) in [6, 6.07) is 7.25. The number of nitrogens with zero attached hydrogens (tertiary/aromatic N) is 2. The summed E-state index contributed by atoms with van der Waals surface area (Å²) in [6.07, 6.45) is 3.21. The maximum absolute atomic E-state index is 13.3. The Morgan fingerprint density at radius 1 is 1.16 bits per heavy atom. The van der Waals surface area contributed by atoms with E-state index in [1.807, 2.05) is 0 Å². The number of likely N-dealkylation sites (tertiary alicyclic amines) is 1. The van der Waals surface area contributed by atoms with Crippen LogP contribution >= 0.6 is 0 Å². The molecule has 0 aromatic heterocycles. The zero-order chi connectivity index (χ0) is 22.3. The number of hydrogen-bond acceptors (Lipinski definition) is 5. The monoisotopic (exact) mass is 427 g/mol. The third-order valence-corrected chi connectivity index (χ3v) is 6.63. The number of fused-ring (bicyclic) bond motifs is 1. The lowest BCUT2D eigenvalue weighted by Gasteiger charge is -2.42. The SMILES string of the molecule is CC(OC(=O)C1CC(=O)N(C2CCCC2)C1)C(=O)N1c2ccccc2NC(=O)C1(C)C. The summed E-state index contributed by atoms with van der Waals surface area (Å²) in [7, 11) is 0. The fourth-order valence-corrected chi connectivity index (χ4v) is 4.81. The first-order valence-corrected chi connectivity index (χ1v) is 10.9. The number of rotatable bonds is 4. The number of nitrogens with one attached hydrogen (secondary N) is 1. The molecule has 2 fully saturated rings. The minimum Gasteiger partial charge on any atom is -0.452 e. The fourth-order valence-electron chi connectivity index (χ4n) is 4.81. The van der Waals surface area contributed by atoms with Gasteiger partial charge in [0.25, 0.3) is 5.91 Å². The van der Waals surface area contributed by atoms with Gasteiger partial charge in [-0.2, -0.15) is 0 Å². The van der Waals surface area contributed by atoms with Crippen molar-refractivity contribution in [2.75, 3.05) is 16.8 Å². The molecule has 0 radical (unpaired) electrons. The van der Waals surface area contributed by atoms with E-state index in [1.165, 1.54) is 11.8 Å². The normalized spacial score (nSPS) is 24.0. The van der Waals surface area contributed by atoms with Crippen molar-refractivity contribution in [3.8, 4) is 0 Å². The summed E-state index contributed by atoms with van der Waals surface area (Å²) >= 11 is 0. The highest BCUT2D eigenvalue weighted by Gasteiger charge is 2.46. The van der Waals surface area contributed by atoms with Crippen molar-refractivity contribution < 1.29 is 23.9 Å². The maximum Gasteiger partial charge on any atom is 0.312 e. The van der Waals surface area contributed by atoms with Crippen LogP contribution in [0, 0.1) is 5.92 Å². The van der Waals surface area contributed by atoms with E-state index >= 15 is 0 Å². The molecule has 1 saturated carbocycles. The molecule has 31 heavy (non-hydrogen) atoms. The van der Waals surface area contributed by atoms with Crippen LogP contribution in [0.15, 0.2) is 24.3 Å². The van der Waals surface area contributed by atoms with Gasteiger partial charge in [0.1, 0.15) is 5.54 Å². The van der Waals surface area contributed by atoms with E-state index in [4.69, 9.17) is 4.74 Å². The van der Waals surface area contributed by atoms with Crippen LogP contribution in [0.4, 0.5) is 11.4 Å². The van der Waals surface area contributed by atoms with E-state index in [0.717, 1.165) is 25.7 Å². The molecule has 2 heterocycles. The lowest BCUT2D eigenvalue weighted by molar-refractivity contribution is -0.158. The quantitative estimate of drug-likeness (QED) is 0.745. The molecule has 2 atom stereocenters. The van der Waals surface area contributed by atoms with Crippen molar-refractivity contribution in [3.63, 3.8) is 0 Å². The average molecular weight is 428 g/mol. The van der Waals surface area contributed by atoms with Gasteiger partial charge in [-0.15, -0.1) is 0 Å². The summed E-state index contributed by atoms with van der Waals surface area (Å²) in [5.41, 5.74) is -0.0509. The number of para-hydroxylation sites is 2. The van der Waals surface area contributed by atoms with Crippen molar-refractivity contribution in [2.24, 2.45) is 5.92 Å². The molecule has 1 aromatic carbocycles. The number of ether oxygens (including phenoxy) is 1. The Balaban J connectivity index is 1.46. The summed E-state index contributed by atoms with van der Waals surface area (Å²) < 4.78 is 5.51. The lowest BCUT2D eigenvalue weighted by Crippen LogP contribution is -2.60. The Kier molecular flexibility index (Phi) is 5.49. The Bertz CT molecular complexity index is 922. The zero-order valence-electron chi connectivity index (χ0n) is 18.2. The molecule has 8 nitrogen and oxygen atoms in total. The van der Waals surface area contributed by atoms with Crippen LogP contribution in [-0.4, -0.2) is 52.8 Å². The first-order chi connectivity index (χ1) is 14.7. The van der Waals surface area contributed by atoms with Gasteiger partial charge in [0.2, 0.25) is 11.8 Å². The van der Waals surface area contributed by atoms with Gasteiger partial charge < -0.3 is 15.0 Å². The van der Waals surface area contributed by atoms with E-state index in [1.54, 1.807) is 43.0 Å². The Morgan fingerprint density at radius 2 is 1.84 bits per heavy atom. The topological polar surface area (TPSA) is 96.0 Å². The lowest BCUT2D eigenvalue weighted by atomic mass is 9.95. The molecule has 1 aliphatic carbocycles. The molecule has 1 N–H and O–H groups in total. The third-order valence-electron chi connectivity index (χ3n) is 6.63. The second-order valence-electron chi connectivity index (χ2n) is 9.17. The Morgan fingerprint density at radius 3 is 2.55 bits per heavy atom. The van der Waals surface area contributed by atoms with Crippen LogP contribution in [0.25, 0.3) is 0 Å². The van der Waals surface area contributed by atoms with E-state index in [0.29, 0.717) is 17.9 Å². The number of hydrogen-bond donors (Lipinski definition) is 1. The van der Waals surface area contributed by atoms with Gasteiger partial charge in [-0.25, -0.2) is 0 Å². The van der Waals surface area contributed by atoms with Crippen LogP contribution < -0.4 is 10.2 Å². The molecule has 3 amide bonds. The molecule has 1 saturated heterocycles. The number of carbonyl (C=O) groups excluding carboxylic acids is 4. The van der Waals surface area contributed by atoms with Crippen LogP contribution in [-0.2, 0) is 23.9 Å². The average Bonchev–Trinajstić information content (AvgIpc) is 3.37. The molecular formula is C23H29N3O5. The summed E-state index contributed by atoms with van der Waals surface area (Å²) in [4.78, 5) is 54.3. The highest BCUT2D eigenvalue weighted by molar-refractivity contribution is 6.15. The molecule has 1 aromatic rings. The molecule has 2 aliphatic heterocycles. The van der Waals surface area contributed by atoms with E-state index in [9.17, 15) is 19.2 Å². The van der Waals surface area contributed by atoms with Gasteiger partial charge in [-0.3, -0.25) is 24.1 Å². The molecule has 4 rings (SSSR count). The van der Waals surface area contributed by atoms with Gasteiger partial charge in [-0.1, -0.05) is 25.0 Å². The molecule has 2 unspecified atom stereocenters. The van der Waals surface area contributed by atoms with Crippen molar-refractivity contribution in [3.05, 3.63) is 24.3 Å². The van der Waals surface area contributed by atoms with Crippen molar-refractivity contribution in [1.29, 1.82) is 0 Å². The fraction of sp³-hybridized carbons (Fsp3) is 0.565. The molecule has 3 aliphatic rings. The molecular weight excluding hydrogens is 398 g/mol. The molecule has 8 heteroatoms. The smallest absolute Gasteiger partial charge is 0.312 e. The minimum atomic E-state index is -1.14. The van der Waals surface area contributed by atoms with Gasteiger partial charge in [-0.05, 0) is 45.7 Å². The summed E-state index contributed by atoms with van der Waals surface area (Å²) in [6.45, 7) is 5.17. The number of amides is 3. The number of anilines is 2. The van der Waals surface area contributed by atoms with Crippen molar-refractivity contribution in [2.45, 2.75) is 70.6 Å². The Hall–Kier alpha value is -2.90. The number of benzene rings is 1. The van der Waals surface area contributed by atoms with Gasteiger partial charge in [0.15, 0.2) is 6.10 Å². The standard InChI is InChI=1S/C23H29N3O5/c1-14(31-21(29)15-12-19(27)25(13-15)16-8-4-5-9-16)20(28)26-18-11-7-6-10-17(18)24-22(30)23(26,2)3/h6-7,10-11,14-16H,4-5,8-9,12-13H2,1-3H3,(H,24,30). The number of esters is 1. The summed E-state index contributed by atoms with van der Waals surface area (Å²) in [5, 5.41) is 2.81. The zero-order valence-corrected chi connectivity index (χ0v) is 18.2. The first kappa shape index (κ1) is 21.3. The first-order valence-electron chi connectivity index (χ1n) is 10.9. The van der Waals surface area contributed by atoms with Crippen LogP contribution in [0.2, 0.25) is 0 Å². The largest absolute Gasteiger partial charge is 0.452 e. The van der Waals surface area contributed by atoms with E-state index < -0.39 is 29.4 Å². The van der Waals surface area contributed by atoms with E-state index in [2.05, 4.69) is 5.32 Å². The highest BCUT2D eigenvalue weighted by Crippen LogP contribution is 2.37. The third kappa shape index (κ3) is 3.79. The predicted octanol–water partition coefficient (Wildman–Crippen LogP) is 2.47. The van der Waals surface area contributed by atoms with Crippen LogP contribution in [0.5, 0.6) is 0 Å². The Labute approximate surface area is 181 Å². The van der Waals surface area contributed by atoms with Crippen LogP contribution in [0.1, 0.15) is 52.9 Å². The second kappa shape index (κ2) is 7.98. The highest BCUT2D eigenvalue weighted by atomic mass is 16.5. The van der Waals surface area contributed by atoms with Crippen LogP contribution in [0.3, 0.4) is 0 Å². The summed E-state index contributed by atoms with van der Waals surface area (Å²) in [5.74, 6) is -1.91. The number of carbonyl (C=O) groups is 4. The molecule has 0 spiro atoms. The van der Waals surface area contributed by atoms with Crippen molar-refractivity contribution >= 4 is 35.1 Å². The maximum atomic E-state index is 13.3. The van der Waals surface area contributed by atoms with E-state index in [-0.39, 0.29) is 24.3 Å². The van der Waals surface area contributed by atoms with Gasteiger partial charge >= 0.3 is 5.97 Å². The second-order valence-corrected chi connectivity index (χ2v) is 9.17. The predicted molar refractivity (Wildman–Crippen MR) is 114 cm³/mol. The van der Waals surface area contributed by atoms with Crippen molar-refractivity contribution in [1.82, 2.24) is 4.90 Å². The molecule has 166 valence electrons. The van der Waals surface area contributed by atoms with Gasteiger partial charge in [0, 0.05) is 19.0 Å².